The van der Waals surface area contributed by atoms with Gasteiger partial charge in [-0.3, -0.25) is 0 Å². The van der Waals surface area contributed by atoms with Crippen LogP contribution in [0.25, 0.3) is 0 Å². The van der Waals surface area contributed by atoms with Crippen LogP contribution in [0.1, 0.15) is 11.1 Å². The predicted octanol–water partition coefficient (Wildman–Crippen LogP) is 1.64. The van der Waals surface area contributed by atoms with Crippen molar-refractivity contribution in [3.63, 3.8) is 0 Å². The Morgan fingerprint density at radius 3 is 2.40 bits per heavy atom. The topological polar surface area (TPSA) is 55.0 Å². The molecular formula is C10H10N4S. The van der Waals surface area contributed by atoms with Crippen molar-refractivity contribution in [1.82, 2.24) is 9.36 Å². The van der Waals surface area contributed by atoms with Gasteiger partial charge in [-0.15, -0.1) is 0 Å². The molecule has 0 saturated heterocycles. The second kappa shape index (κ2) is 3.20. The van der Waals surface area contributed by atoms with E-state index in [-0.39, 0.29) is 0 Å². The van der Waals surface area contributed by atoms with Crippen LogP contribution in [-0.4, -0.2) is 9.36 Å². The minimum absolute atomic E-state index is 0.367. The molecule has 15 heavy (non-hydrogen) atoms. The van der Waals surface area contributed by atoms with Gasteiger partial charge < -0.3 is 10.6 Å². The van der Waals surface area contributed by atoms with E-state index < -0.39 is 0 Å². The van der Waals surface area contributed by atoms with E-state index in [1.165, 1.54) is 22.7 Å². The minimum atomic E-state index is 0.367. The molecule has 0 aliphatic carbocycles. The Balaban J connectivity index is 1.90. The van der Waals surface area contributed by atoms with E-state index in [9.17, 15) is 0 Å². The number of aromatic nitrogens is 2. The summed E-state index contributed by atoms with van der Waals surface area (Å²) in [4.78, 5) is 6.38. The quantitative estimate of drug-likeness (QED) is 0.790. The highest BCUT2D eigenvalue weighted by Crippen LogP contribution is 2.29. The van der Waals surface area contributed by atoms with Gasteiger partial charge in [0.1, 0.15) is 0 Å². The van der Waals surface area contributed by atoms with E-state index in [2.05, 4.69) is 38.5 Å². The second-order valence-corrected chi connectivity index (χ2v) is 4.29. The SMILES string of the molecule is Nc1nsc(N2Cc3ccccc3C2)n1. The average molecular weight is 218 g/mol. The largest absolute Gasteiger partial charge is 0.367 e. The molecule has 0 fully saturated rings. The molecule has 1 aromatic heterocycles. The molecule has 0 unspecified atom stereocenters. The minimum Gasteiger partial charge on any atom is -0.367 e. The van der Waals surface area contributed by atoms with Crippen LogP contribution in [0, 0.1) is 0 Å². The standard InChI is InChI=1S/C10H10N4S/c11-9-12-10(15-13-9)14-5-7-3-1-2-4-8(7)6-14/h1-4H,5-6H2,(H2,11,13). The van der Waals surface area contributed by atoms with E-state index in [0.717, 1.165) is 18.2 Å². The third kappa shape index (κ3) is 1.45. The number of rotatable bonds is 1. The first kappa shape index (κ1) is 8.67. The average Bonchev–Trinajstić information content (AvgIpc) is 2.82. The Morgan fingerprint density at radius 1 is 1.20 bits per heavy atom. The third-order valence-electron chi connectivity index (χ3n) is 2.54. The van der Waals surface area contributed by atoms with Crippen molar-refractivity contribution in [3.8, 4) is 0 Å². The van der Waals surface area contributed by atoms with E-state index >= 15 is 0 Å². The van der Waals surface area contributed by atoms with Gasteiger partial charge in [0.25, 0.3) is 0 Å². The molecule has 3 rings (SSSR count). The lowest BCUT2D eigenvalue weighted by Crippen LogP contribution is -2.14. The van der Waals surface area contributed by atoms with E-state index in [4.69, 9.17) is 5.73 Å². The third-order valence-corrected chi connectivity index (χ3v) is 3.33. The number of benzene rings is 1. The van der Waals surface area contributed by atoms with Crippen LogP contribution in [0.4, 0.5) is 11.1 Å². The van der Waals surface area contributed by atoms with Crippen molar-refractivity contribution in [2.24, 2.45) is 0 Å². The van der Waals surface area contributed by atoms with E-state index in [1.807, 2.05) is 0 Å². The van der Waals surface area contributed by atoms with Crippen molar-refractivity contribution in [2.45, 2.75) is 13.1 Å². The van der Waals surface area contributed by atoms with Crippen molar-refractivity contribution in [3.05, 3.63) is 35.4 Å². The highest BCUT2D eigenvalue weighted by molar-refractivity contribution is 7.09. The first-order chi connectivity index (χ1) is 7.33. The molecule has 5 heteroatoms. The lowest BCUT2D eigenvalue weighted by molar-refractivity contribution is 0.873. The van der Waals surface area contributed by atoms with Gasteiger partial charge in [-0.1, -0.05) is 24.3 Å². The first-order valence-corrected chi connectivity index (χ1v) is 5.51. The molecule has 0 saturated carbocycles. The predicted molar refractivity (Wildman–Crippen MR) is 60.7 cm³/mol. The number of fused-ring (bicyclic) bond motifs is 1. The van der Waals surface area contributed by atoms with E-state index in [0.29, 0.717) is 5.95 Å². The zero-order valence-electron chi connectivity index (χ0n) is 8.05. The van der Waals surface area contributed by atoms with E-state index in [1.54, 1.807) is 0 Å². The van der Waals surface area contributed by atoms with Crippen LogP contribution in [0.5, 0.6) is 0 Å². The summed E-state index contributed by atoms with van der Waals surface area (Å²) in [5.74, 6) is 0.367. The summed E-state index contributed by atoms with van der Waals surface area (Å²) >= 11 is 1.36. The molecule has 0 atom stereocenters. The Hall–Kier alpha value is -1.62. The fourth-order valence-corrected chi connectivity index (χ4v) is 2.42. The maximum Gasteiger partial charge on any atom is 0.233 e. The summed E-state index contributed by atoms with van der Waals surface area (Å²) in [6.45, 7) is 1.82. The van der Waals surface area contributed by atoms with Gasteiger partial charge in [0.15, 0.2) is 0 Å². The van der Waals surface area contributed by atoms with Gasteiger partial charge in [0.2, 0.25) is 11.1 Å². The molecular weight excluding hydrogens is 208 g/mol. The van der Waals surface area contributed by atoms with Crippen molar-refractivity contribution < 1.29 is 0 Å². The van der Waals surface area contributed by atoms with Crippen molar-refractivity contribution in [2.75, 3.05) is 10.6 Å². The summed E-state index contributed by atoms with van der Waals surface area (Å²) in [6.07, 6.45) is 0. The summed E-state index contributed by atoms with van der Waals surface area (Å²) in [5.41, 5.74) is 8.25. The molecule has 2 heterocycles. The molecule has 0 spiro atoms. The molecule has 4 nitrogen and oxygen atoms in total. The number of nitrogens with two attached hydrogens (primary N) is 1. The summed E-state index contributed by atoms with van der Waals surface area (Å²) in [6, 6.07) is 8.44. The Kier molecular flexibility index (Phi) is 1.85. The molecule has 2 N–H and O–H groups in total. The Labute approximate surface area is 91.5 Å². The normalized spacial score (nSPS) is 14.3. The summed E-state index contributed by atoms with van der Waals surface area (Å²) in [5, 5.41) is 0.906. The van der Waals surface area contributed by atoms with Crippen molar-refractivity contribution in [1.29, 1.82) is 0 Å². The van der Waals surface area contributed by atoms with Crippen LogP contribution in [0.3, 0.4) is 0 Å². The molecule has 2 aromatic rings. The zero-order chi connectivity index (χ0) is 10.3. The highest BCUT2D eigenvalue weighted by Gasteiger charge is 2.20. The van der Waals surface area contributed by atoms with Crippen LogP contribution in [-0.2, 0) is 13.1 Å². The van der Waals surface area contributed by atoms with Gasteiger partial charge >= 0.3 is 0 Å². The van der Waals surface area contributed by atoms with Gasteiger partial charge in [-0.05, 0) is 11.1 Å². The summed E-state index contributed by atoms with van der Waals surface area (Å²) < 4.78 is 3.99. The second-order valence-electron chi connectivity index (χ2n) is 3.56. The zero-order valence-corrected chi connectivity index (χ0v) is 8.87. The fraction of sp³-hybridized carbons (Fsp3) is 0.200. The van der Waals surface area contributed by atoms with Crippen LogP contribution in [0.2, 0.25) is 0 Å². The number of anilines is 2. The smallest absolute Gasteiger partial charge is 0.233 e. The molecule has 0 amide bonds. The lowest BCUT2D eigenvalue weighted by Gasteiger charge is -2.11. The van der Waals surface area contributed by atoms with Crippen molar-refractivity contribution >= 4 is 22.6 Å². The Morgan fingerprint density at radius 2 is 1.87 bits per heavy atom. The van der Waals surface area contributed by atoms with Crippen LogP contribution in [0.15, 0.2) is 24.3 Å². The molecule has 0 radical (unpaired) electrons. The monoisotopic (exact) mass is 218 g/mol. The number of hydrogen-bond acceptors (Lipinski definition) is 5. The molecule has 1 aliphatic rings. The van der Waals surface area contributed by atoms with Crippen LogP contribution >= 0.6 is 11.5 Å². The van der Waals surface area contributed by atoms with Gasteiger partial charge in [0, 0.05) is 24.6 Å². The van der Waals surface area contributed by atoms with Crippen LogP contribution < -0.4 is 10.6 Å². The number of nitrogens with zero attached hydrogens (tertiary/aromatic N) is 3. The first-order valence-electron chi connectivity index (χ1n) is 4.74. The number of hydrogen-bond donors (Lipinski definition) is 1. The molecule has 76 valence electrons. The molecule has 1 aromatic carbocycles. The maximum atomic E-state index is 5.51. The van der Waals surface area contributed by atoms with Gasteiger partial charge in [-0.25, -0.2) is 0 Å². The van der Waals surface area contributed by atoms with Gasteiger partial charge in [-0.2, -0.15) is 9.36 Å². The fourth-order valence-electron chi connectivity index (χ4n) is 1.82. The molecule has 1 aliphatic heterocycles. The molecule has 0 bridgehead atoms. The summed E-state index contributed by atoms with van der Waals surface area (Å²) in [7, 11) is 0. The Bertz CT molecular complexity index is 469. The lowest BCUT2D eigenvalue weighted by atomic mass is 10.1. The van der Waals surface area contributed by atoms with Gasteiger partial charge in [0.05, 0.1) is 0 Å². The number of nitrogen functional groups attached to an aromatic ring is 1. The highest BCUT2D eigenvalue weighted by atomic mass is 32.1. The maximum absolute atomic E-state index is 5.51.